The molecule has 3 nitrogen and oxygen atoms in total. The van der Waals surface area contributed by atoms with Crippen LogP contribution in [0.2, 0.25) is 0 Å². The zero-order chi connectivity index (χ0) is 15.0. The molecule has 0 unspecified atom stereocenters. The average Bonchev–Trinajstić information content (AvgIpc) is 2.41. The Bertz CT molecular complexity index is 430. The van der Waals surface area contributed by atoms with E-state index in [0.717, 1.165) is 25.0 Å². The first kappa shape index (κ1) is 16.5. The van der Waals surface area contributed by atoms with Crippen LogP contribution in [0.15, 0.2) is 18.2 Å². The number of hydrogen-bond donors (Lipinski definition) is 0. The molecule has 0 saturated carbocycles. The van der Waals surface area contributed by atoms with Crippen LogP contribution >= 0.6 is 0 Å². The summed E-state index contributed by atoms with van der Waals surface area (Å²) in [5.41, 5.74) is -0.987. The highest BCUT2D eigenvalue weighted by molar-refractivity contribution is 5.75. The summed E-state index contributed by atoms with van der Waals surface area (Å²) in [6.45, 7) is 2.85. The second-order valence-electron chi connectivity index (χ2n) is 4.19. The molecule has 0 amide bonds. The SMILES string of the molecule is CCCCOCCOc1ccc(C=O)cc1C(F)(F)F. The van der Waals surface area contributed by atoms with Crippen LogP contribution in [0.3, 0.4) is 0 Å². The van der Waals surface area contributed by atoms with Crippen molar-refractivity contribution >= 4 is 6.29 Å². The summed E-state index contributed by atoms with van der Waals surface area (Å²) in [5.74, 6) is -0.290. The van der Waals surface area contributed by atoms with Crippen LogP contribution in [0.1, 0.15) is 35.7 Å². The van der Waals surface area contributed by atoms with Gasteiger partial charge in [-0.3, -0.25) is 4.79 Å². The first-order valence-electron chi connectivity index (χ1n) is 6.36. The first-order valence-corrected chi connectivity index (χ1v) is 6.36. The molecular weight excluding hydrogens is 273 g/mol. The van der Waals surface area contributed by atoms with Gasteiger partial charge in [0.1, 0.15) is 18.6 Å². The molecule has 0 aromatic heterocycles. The van der Waals surface area contributed by atoms with E-state index in [4.69, 9.17) is 9.47 Å². The lowest BCUT2D eigenvalue weighted by molar-refractivity contribution is -0.139. The lowest BCUT2D eigenvalue weighted by Gasteiger charge is -2.14. The van der Waals surface area contributed by atoms with E-state index in [1.807, 2.05) is 6.92 Å². The zero-order valence-electron chi connectivity index (χ0n) is 11.2. The van der Waals surface area contributed by atoms with Crippen molar-refractivity contribution in [3.63, 3.8) is 0 Å². The van der Waals surface area contributed by atoms with E-state index in [2.05, 4.69) is 0 Å². The van der Waals surface area contributed by atoms with Crippen molar-refractivity contribution in [2.45, 2.75) is 25.9 Å². The summed E-state index contributed by atoms with van der Waals surface area (Å²) in [6.07, 6.45) is -2.29. The van der Waals surface area contributed by atoms with Crippen LogP contribution in [-0.4, -0.2) is 26.1 Å². The quantitative estimate of drug-likeness (QED) is 0.541. The van der Waals surface area contributed by atoms with E-state index in [-0.39, 0.29) is 24.5 Å². The van der Waals surface area contributed by atoms with Gasteiger partial charge in [-0.05, 0) is 24.6 Å². The van der Waals surface area contributed by atoms with Gasteiger partial charge in [0.2, 0.25) is 0 Å². The summed E-state index contributed by atoms with van der Waals surface area (Å²) in [7, 11) is 0. The van der Waals surface area contributed by atoms with Gasteiger partial charge in [0.05, 0.1) is 12.2 Å². The van der Waals surface area contributed by atoms with Crippen LogP contribution in [-0.2, 0) is 10.9 Å². The van der Waals surface area contributed by atoms with Gasteiger partial charge in [0.25, 0.3) is 0 Å². The van der Waals surface area contributed by atoms with Crippen LogP contribution in [0.25, 0.3) is 0 Å². The topological polar surface area (TPSA) is 35.5 Å². The first-order chi connectivity index (χ1) is 9.49. The summed E-state index contributed by atoms with van der Waals surface area (Å²) in [6, 6.07) is 3.22. The minimum absolute atomic E-state index is 0.0350. The standard InChI is InChI=1S/C14H17F3O3/c1-2-3-6-19-7-8-20-13-5-4-11(10-18)9-12(13)14(15,16)17/h4-5,9-10H,2-3,6-8H2,1H3. The number of carbonyl (C=O) groups is 1. The maximum absolute atomic E-state index is 12.8. The van der Waals surface area contributed by atoms with Crippen molar-refractivity contribution in [1.29, 1.82) is 0 Å². The van der Waals surface area contributed by atoms with Gasteiger partial charge >= 0.3 is 6.18 Å². The summed E-state index contributed by atoms with van der Waals surface area (Å²) >= 11 is 0. The third kappa shape index (κ3) is 5.21. The molecule has 0 bridgehead atoms. The Morgan fingerprint density at radius 2 is 1.95 bits per heavy atom. The minimum atomic E-state index is -4.56. The molecule has 0 spiro atoms. The van der Waals surface area contributed by atoms with Gasteiger partial charge in [0, 0.05) is 12.2 Å². The van der Waals surface area contributed by atoms with E-state index in [0.29, 0.717) is 12.9 Å². The van der Waals surface area contributed by atoms with E-state index >= 15 is 0 Å². The normalized spacial score (nSPS) is 11.4. The fraction of sp³-hybridized carbons (Fsp3) is 0.500. The predicted molar refractivity (Wildman–Crippen MR) is 68.1 cm³/mol. The number of unbranched alkanes of at least 4 members (excludes halogenated alkanes) is 1. The molecule has 0 aliphatic carbocycles. The number of benzene rings is 1. The third-order valence-corrected chi connectivity index (χ3v) is 2.57. The Morgan fingerprint density at radius 1 is 1.20 bits per heavy atom. The van der Waals surface area contributed by atoms with Crippen LogP contribution in [0, 0.1) is 0 Å². The van der Waals surface area contributed by atoms with Gasteiger partial charge in [0.15, 0.2) is 0 Å². The Morgan fingerprint density at radius 3 is 2.55 bits per heavy atom. The molecule has 6 heteroatoms. The van der Waals surface area contributed by atoms with E-state index in [1.54, 1.807) is 0 Å². The van der Waals surface area contributed by atoms with Crippen molar-refractivity contribution in [3.8, 4) is 5.75 Å². The Kier molecular flexibility index (Phi) is 6.51. The van der Waals surface area contributed by atoms with Gasteiger partial charge in [-0.15, -0.1) is 0 Å². The van der Waals surface area contributed by atoms with Crippen molar-refractivity contribution in [2.24, 2.45) is 0 Å². The van der Waals surface area contributed by atoms with E-state index in [9.17, 15) is 18.0 Å². The molecule has 0 saturated heterocycles. The van der Waals surface area contributed by atoms with Crippen LogP contribution in [0.5, 0.6) is 5.75 Å². The van der Waals surface area contributed by atoms with Gasteiger partial charge in [-0.1, -0.05) is 13.3 Å². The monoisotopic (exact) mass is 290 g/mol. The highest BCUT2D eigenvalue weighted by Gasteiger charge is 2.34. The van der Waals surface area contributed by atoms with Crippen molar-refractivity contribution < 1.29 is 27.4 Å². The number of carbonyl (C=O) groups excluding carboxylic acids is 1. The maximum atomic E-state index is 12.8. The third-order valence-electron chi connectivity index (χ3n) is 2.57. The molecule has 1 aromatic rings. The average molecular weight is 290 g/mol. The fourth-order valence-electron chi connectivity index (χ4n) is 1.53. The number of hydrogen-bond acceptors (Lipinski definition) is 3. The fourth-order valence-corrected chi connectivity index (χ4v) is 1.53. The van der Waals surface area contributed by atoms with Gasteiger partial charge in [-0.25, -0.2) is 0 Å². The molecule has 1 aromatic carbocycles. The molecule has 0 aliphatic rings. The largest absolute Gasteiger partial charge is 0.491 e. The molecule has 0 radical (unpaired) electrons. The molecule has 0 fully saturated rings. The second-order valence-corrected chi connectivity index (χ2v) is 4.19. The van der Waals surface area contributed by atoms with E-state index in [1.165, 1.54) is 6.07 Å². The summed E-state index contributed by atoms with van der Waals surface area (Å²) < 4.78 is 48.7. The number of aldehydes is 1. The van der Waals surface area contributed by atoms with Crippen molar-refractivity contribution in [2.75, 3.05) is 19.8 Å². The molecule has 1 rings (SSSR count). The summed E-state index contributed by atoms with van der Waals surface area (Å²) in [5, 5.41) is 0. The molecule has 0 aliphatic heterocycles. The predicted octanol–water partition coefficient (Wildman–Crippen LogP) is 3.71. The van der Waals surface area contributed by atoms with Crippen molar-refractivity contribution in [3.05, 3.63) is 29.3 Å². The molecule has 20 heavy (non-hydrogen) atoms. The van der Waals surface area contributed by atoms with Crippen LogP contribution < -0.4 is 4.74 Å². The molecule has 0 heterocycles. The number of ether oxygens (including phenoxy) is 2. The lowest BCUT2D eigenvalue weighted by Crippen LogP contribution is -2.13. The minimum Gasteiger partial charge on any atom is -0.491 e. The number of alkyl halides is 3. The Hall–Kier alpha value is -1.56. The molecule has 0 atom stereocenters. The smallest absolute Gasteiger partial charge is 0.419 e. The zero-order valence-corrected chi connectivity index (χ0v) is 11.2. The number of halogens is 3. The Balaban J connectivity index is 2.62. The molecule has 112 valence electrons. The molecule has 0 N–H and O–H groups in total. The highest BCUT2D eigenvalue weighted by atomic mass is 19.4. The lowest BCUT2D eigenvalue weighted by atomic mass is 10.1. The van der Waals surface area contributed by atoms with Crippen LogP contribution in [0.4, 0.5) is 13.2 Å². The van der Waals surface area contributed by atoms with Gasteiger partial charge < -0.3 is 9.47 Å². The summed E-state index contributed by atoms with van der Waals surface area (Å²) in [4.78, 5) is 10.5. The van der Waals surface area contributed by atoms with Gasteiger partial charge in [-0.2, -0.15) is 13.2 Å². The van der Waals surface area contributed by atoms with Crippen molar-refractivity contribution in [1.82, 2.24) is 0 Å². The Labute approximate surface area is 115 Å². The number of rotatable bonds is 8. The maximum Gasteiger partial charge on any atom is 0.419 e. The second kappa shape index (κ2) is 7.89. The van der Waals surface area contributed by atoms with E-state index < -0.39 is 11.7 Å². The molecular formula is C14H17F3O3. The highest BCUT2D eigenvalue weighted by Crippen LogP contribution is 2.36.